The monoisotopic (exact) mass is 596 g/mol. The number of amides is 1. The largest absolute Gasteiger partial charge is 0.490 e. The molecule has 0 bridgehead atoms. The molecule has 3 aromatic heterocycles. The van der Waals surface area contributed by atoms with Crippen molar-refractivity contribution in [2.45, 2.75) is 24.4 Å². The maximum atomic E-state index is 13.5. The molecule has 13 heteroatoms. The summed E-state index contributed by atoms with van der Waals surface area (Å²) in [6.07, 6.45) is -0.992. The van der Waals surface area contributed by atoms with Crippen molar-refractivity contribution < 1.29 is 36.3 Å². The molecule has 4 heterocycles. The summed E-state index contributed by atoms with van der Waals surface area (Å²) in [5.41, 5.74) is 6.21. The SMILES string of the molecule is Cc1ccc(S(=O)(=O)n2cc(-c3cc(-c4cc5c([nH]4)CCNC5=O)ccn3)c3ccccc32)cc1.O=C(O)C(F)(F)F. The fourth-order valence-corrected chi connectivity index (χ4v) is 5.94. The van der Waals surface area contributed by atoms with Crippen molar-refractivity contribution in [1.82, 2.24) is 19.3 Å². The molecule has 0 atom stereocenters. The molecule has 2 aromatic carbocycles. The number of carboxylic acid groups (broad SMARTS) is 1. The number of alkyl halides is 3. The van der Waals surface area contributed by atoms with Crippen LogP contribution in [0.1, 0.15) is 21.6 Å². The quantitative estimate of drug-likeness (QED) is 0.262. The number of nitrogens with zero attached hydrogens (tertiary/aromatic N) is 2. The number of carbonyl (C=O) groups is 2. The van der Waals surface area contributed by atoms with Gasteiger partial charge in [-0.25, -0.2) is 17.2 Å². The van der Waals surface area contributed by atoms with E-state index in [0.717, 1.165) is 34.3 Å². The third kappa shape index (κ3) is 5.50. The van der Waals surface area contributed by atoms with Crippen LogP contribution in [-0.2, 0) is 21.2 Å². The van der Waals surface area contributed by atoms with Crippen molar-refractivity contribution in [3.05, 3.63) is 95.9 Å². The fourth-order valence-electron chi connectivity index (χ4n) is 4.57. The molecule has 1 aliphatic rings. The number of rotatable bonds is 4. The van der Waals surface area contributed by atoms with Gasteiger partial charge in [-0.05, 0) is 43.3 Å². The molecule has 0 saturated carbocycles. The summed E-state index contributed by atoms with van der Waals surface area (Å²) in [5, 5.41) is 10.8. The number of benzene rings is 2. The minimum absolute atomic E-state index is 0.0765. The second kappa shape index (κ2) is 10.8. The fraction of sp³-hybridized carbons (Fsp3) is 0.138. The van der Waals surface area contributed by atoms with Crippen LogP contribution in [0.4, 0.5) is 13.2 Å². The Morgan fingerprint density at radius 1 is 1.02 bits per heavy atom. The van der Waals surface area contributed by atoms with Crippen LogP contribution in [-0.4, -0.2) is 52.1 Å². The molecule has 9 nitrogen and oxygen atoms in total. The number of fused-ring (bicyclic) bond motifs is 2. The van der Waals surface area contributed by atoms with Gasteiger partial charge in [0.05, 0.1) is 21.7 Å². The number of H-pyrrole nitrogens is 1. The van der Waals surface area contributed by atoms with E-state index in [9.17, 15) is 26.4 Å². The molecular weight excluding hydrogens is 573 g/mol. The first kappa shape index (κ1) is 28.6. The number of halogens is 3. The molecular formula is C29H23F3N4O5S. The Morgan fingerprint density at radius 2 is 1.71 bits per heavy atom. The van der Waals surface area contributed by atoms with Crippen molar-refractivity contribution in [3.8, 4) is 22.5 Å². The van der Waals surface area contributed by atoms with Crippen molar-refractivity contribution in [1.29, 1.82) is 0 Å². The predicted molar refractivity (Wildman–Crippen MR) is 148 cm³/mol. The van der Waals surface area contributed by atoms with Gasteiger partial charge >= 0.3 is 12.1 Å². The van der Waals surface area contributed by atoms with Crippen LogP contribution in [0.15, 0.2) is 84.0 Å². The van der Waals surface area contributed by atoms with Gasteiger partial charge in [0.25, 0.3) is 15.9 Å². The van der Waals surface area contributed by atoms with Crippen molar-refractivity contribution in [3.63, 3.8) is 0 Å². The Bertz CT molecular complexity index is 1930. The third-order valence-corrected chi connectivity index (χ3v) is 8.34. The molecule has 0 unspecified atom stereocenters. The molecule has 1 aliphatic heterocycles. The van der Waals surface area contributed by atoms with Crippen LogP contribution in [0.25, 0.3) is 33.4 Å². The van der Waals surface area contributed by atoms with E-state index in [4.69, 9.17) is 9.90 Å². The van der Waals surface area contributed by atoms with Crippen LogP contribution >= 0.6 is 0 Å². The maximum absolute atomic E-state index is 13.5. The number of nitrogens with one attached hydrogen (secondary N) is 2. The molecule has 3 N–H and O–H groups in total. The number of aromatic nitrogens is 3. The Hall–Kier alpha value is -4.91. The van der Waals surface area contributed by atoms with Crippen molar-refractivity contribution >= 4 is 32.8 Å². The van der Waals surface area contributed by atoms with Gasteiger partial charge in [0, 0.05) is 53.3 Å². The highest BCUT2D eigenvalue weighted by atomic mass is 32.2. The molecule has 0 radical (unpaired) electrons. The standard InChI is InChI=1S/C27H22N4O3S.C2HF3O2/c1-17-6-8-19(9-7-17)35(33,34)31-16-22(20-4-2-3-5-26(20)31)25-14-18(10-12-28-25)24-15-21-23(30-24)11-13-29-27(21)32;3-2(4,5)1(6)7/h2-10,12,14-16,30H,11,13H2,1H3,(H,29,32);(H,6,7). The van der Waals surface area contributed by atoms with Gasteiger partial charge in [-0.1, -0.05) is 35.9 Å². The van der Waals surface area contributed by atoms with E-state index >= 15 is 0 Å². The first-order valence-electron chi connectivity index (χ1n) is 12.6. The minimum Gasteiger partial charge on any atom is -0.475 e. The molecule has 0 aliphatic carbocycles. The van der Waals surface area contributed by atoms with Crippen LogP contribution in [0.5, 0.6) is 0 Å². The number of carbonyl (C=O) groups excluding carboxylic acids is 1. The summed E-state index contributed by atoms with van der Waals surface area (Å²) in [5.74, 6) is -2.83. The number of hydrogen-bond acceptors (Lipinski definition) is 5. The summed E-state index contributed by atoms with van der Waals surface area (Å²) >= 11 is 0. The number of carboxylic acids is 1. The number of aromatic amines is 1. The van der Waals surface area contributed by atoms with Gasteiger partial charge in [-0.2, -0.15) is 13.2 Å². The van der Waals surface area contributed by atoms with Crippen LogP contribution in [0, 0.1) is 6.92 Å². The highest BCUT2D eigenvalue weighted by Crippen LogP contribution is 2.34. The first-order chi connectivity index (χ1) is 19.9. The van der Waals surface area contributed by atoms with E-state index in [2.05, 4.69) is 15.3 Å². The molecule has 0 spiro atoms. The lowest BCUT2D eigenvalue weighted by Crippen LogP contribution is -2.31. The summed E-state index contributed by atoms with van der Waals surface area (Å²) in [6.45, 7) is 2.54. The molecule has 216 valence electrons. The van der Waals surface area contributed by atoms with Crippen LogP contribution < -0.4 is 5.32 Å². The zero-order valence-corrected chi connectivity index (χ0v) is 22.8. The van der Waals surface area contributed by atoms with Gasteiger partial charge in [-0.15, -0.1) is 0 Å². The Morgan fingerprint density at radius 3 is 2.38 bits per heavy atom. The summed E-state index contributed by atoms with van der Waals surface area (Å²) in [6, 6.07) is 19.9. The van der Waals surface area contributed by atoms with E-state index < -0.39 is 22.2 Å². The van der Waals surface area contributed by atoms with E-state index in [1.807, 2.05) is 43.3 Å². The molecule has 0 saturated heterocycles. The molecule has 42 heavy (non-hydrogen) atoms. The smallest absolute Gasteiger partial charge is 0.475 e. The van der Waals surface area contributed by atoms with Gasteiger partial charge in [0.1, 0.15) is 0 Å². The zero-order chi connectivity index (χ0) is 30.2. The van der Waals surface area contributed by atoms with Gasteiger partial charge in [0.15, 0.2) is 0 Å². The van der Waals surface area contributed by atoms with E-state index in [1.165, 1.54) is 3.97 Å². The molecule has 6 rings (SSSR count). The highest BCUT2D eigenvalue weighted by Gasteiger charge is 2.38. The Labute approximate surface area is 237 Å². The summed E-state index contributed by atoms with van der Waals surface area (Å²) < 4.78 is 60.1. The third-order valence-electron chi connectivity index (χ3n) is 6.65. The number of hydrogen-bond donors (Lipinski definition) is 3. The van der Waals surface area contributed by atoms with Gasteiger partial charge in [0.2, 0.25) is 0 Å². The molecule has 0 fully saturated rings. The van der Waals surface area contributed by atoms with Gasteiger partial charge < -0.3 is 15.4 Å². The minimum atomic E-state index is -5.08. The van der Waals surface area contributed by atoms with Crippen molar-refractivity contribution in [2.24, 2.45) is 0 Å². The average molecular weight is 597 g/mol. The van der Waals surface area contributed by atoms with Crippen LogP contribution in [0.2, 0.25) is 0 Å². The summed E-state index contributed by atoms with van der Waals surface area (Å²) in [4.78, 5) is 29.2. The van der Waals surface area contributed by atoms with E-state index in [-0.39, 0.29) is 10.8 Å². The second-order valence-corrected chi connectivity index (χ2v) is 11.3. The second-order valence-electron chi connectivity index (χ2n) is 9.49. The van der Waals surface area contributed by atoms with E-state index in [1.54, 1.807) is 42.7 Å². The molecule has 5 aromatic rings. The maximum Gasteiger partial charge on any atom is 0.490 e. The van der Waals surface area contributed by atoms with Crippen LogP contribution in [0.3, 0.4) is 0 Å². The number of pyridine rings is 1. The lowest BCUT2D eigenvalue weighted by atomic mass is 10.1. The molecule has 1 amide bonds. The van der Waals surface area contributed by atoms with E-state index in [0.29, 0.717) is 28.9 Å². The number of aryl methyl sites for hydroxylation is 1. The topological polar surface area (TPSA) is 134 Å². The highest BCUT2D eigenvalue weighted by molar-refractivity contribution is 7.90. The summed E-state index contributed by atoms with van der Waals surface area (Å²) in [7, 11) is -3.80. The lowest BCUT2D eigenvalue weighted by molar-refractivity contribution is -0.192. The zero-order valence-electron chi connectivity index (χ0n) is 21.9. The first-order valence-corrected chi connectivity index (χ1v) is 14.0. The van der Waals surface area contributed by atoms with Crippen molar-refractivity contribution in [2.75, 3.05) is 6.54 Å². The van der Waals surface area contributed by atoms with Gasteiger partial charge in [-0.3, -0.25) is 9.78 Å². The Balaban J connectivity index is 0.000000451. The average Bonchev–Trinajstić information content (AvgIpc) is 3.57. The number of aliphatic carboxylic acids is 1. The predicted octanol–water partition coefficient (Wildman–Crippen LogP) is 5.16. The normalized spacial score (nSPS) is 13.2. The lowest BCUT2D eigenvalue weighted by Gasteiger charge is -2.10. The Kier molecular flexibility index (Phi) is 7.37. The number of para-hydroxylation sites is 1.